The number of nitrogens with one attached hydrogen (secondary N) is 1. The van der Waals surface area contributed by atoms with Crippen molar-refractivity contribution in [2.45, 2.75) is 29.9 Å². The highest BCUT2D eigenvalue weighted by molar-refractivity contribution is 8.00. The summed E-state index contributed by atoms with van der Waals surface area (Å²) < 4.78 is 26.2. The van der Waals surface area contributed by atoms with Gasteiger partial charge in [-0.25, -0.2) is 8.78 Å². The van der Waals surface area contributed by atoms with Crippen molar-refractivity contribution in [1.29, 1.82) is 0 Å². The molecule has 1 unspecified atom stereocenters. The molecule has 0 aliphatic carbocycles. The highest BCUT2D eigenvalue weighted by Crippen LogP contribution is 2.38. The number of amides is 1. The lowest BCUT2D eigenvalue weighted by atomic mass is 10.1. The molecule has 86 valence electrons. The van der Waals surface area contributed by atoms with Gasteiger partial charge >= 0.3 is 0 Å². The van der Waals surface area contributed by atoms with Gasteiger partial charge in [0.05, 0.1) is 10.9 Å². The third-order valence-corrected chi connectivity index (χ3v) is 3.59. The van der Waals surface area contributed by atoms with Gasteiger partial charge in [-0.3, -0.25) is 4.79 Å². The van der Waals surface area contributed by atoms with Crippen molar-refractivity contribution in [1.82, 2.24) is 0 Å². The Hall–Kier alpha value is -1.10. The van der Waals surface area contributed by atoms with Crippen LogP contribution in [-0.2, 0) is 10.7 Å². The van der Waals surface area contributed by atoms with E-state index >= 15 is 0 Å². The van der Waals surface area contributed by atoms with Crippen molar-refractivity contribution in [2.75, 3.05) is 5.32 Å². The summed E-state index contributed by atoms with van der Waals surface area (Å²) in [6.45, 7) is 2.63. The van der Waals surface area contributed by atoms with Crippen LogP contribution < -0.4 is 5.32 Å². The third-order valence-electron chi connectivity index (χ3n) is 2.42. The SMILES string of the molecule is CC1Sc2ccc(C(C)(F)F)cc2NC1=O. The lowest BCUT2D eigenvalue weighted by Gasteiger charge is -2.22. The van der Waals surface area contributed by atoms with E-state index in [0.29, 0.717) is 5.69 Å². The second kappa shape index (κ2) is 3.73. The normalized spacial score (nSPS) is 20.2. The fraction of sp³-hybridized carbons (Fsp3) is 0.364. The van der Waals surface area contributed by atoms with E-state index in [1.165, 1.54) is 23.9 Å². The molecule has 0 radical (unpaired) electrons. The molecule has 0 saturated carbocycles. The number of halogens is 2. The largest absolute Gasteiger partial charge is 0.324 e. The first kappa shape index (κ1) is 11.4. The smallest absolute Gasteiger partial charge is 0.270 e. The first-order chi connectivity index (χ1) is 7.38. The molecule has 0 fully saturated rings. The van der Waals surface area contributed by atoms with E-state index in [1.54, 1.807) is 13.0 Å². The molecule has 0 saturated heterocycles. The zero-order chi connectivity index (χ0) is 11.9. The minimum absolute atomic E-state index is 0.0818. The first-order valence-electron chi connectivity index (χ1n) is 4.88. The summed E-state index contributed by atoms with van der Waals surface area (Å²) >= 11 is 1.38. The third kappa shape index (κ3) is 2.04. The van der Waals surface area contributed by atoms with Crippen LogP contribution in [0.25, 0.3) is 0 Å². The van der Waals surface area contributed by atoms with E-state index in [2.05, 4.69) is 5.32 Å². The number of benzene rings is 1. The summed E-state index contributed by atoms with van der Waals surface area (Å²) in [4.78, 5) is 12.2. The predicted octanol–water partition coefficient (Wildman–Crippen LogP) is 3.23. The molecular weight excluding hydrogens is 232 g/mol. The molecule has 1 aromatic carbocycles. The summed E-state index contributed by atoms with van der Waals surface area (Å²) in [6, 6.07) is 4.37. The van der Waals surface area contributed by atoms with Crippen LogP contribution in [0, 0.1) is 0 Å². The highest BCUT2D eigenvalue weighted by Gasteiger charge is 2.28. The molecule has 0 bridgehead atoms. The number of hydrogen-bond donors (Lipinski definition) is 1. The van der Waals surface area contributed by atoms with Gasteiger partial charge in [0.2, 0.25) is 5.91 Å². The monoisotopic (exact) mass is 243 g/mol. The Bertz CT molecular complexity index is 442. The summed E-state index contributed by atoms with van der Waals surface area (Å²) in [5.41, 5.74) is 0.397. The second-order valence-corrected chi connectivity index (χ2v) is 5.23. The molecule has 5 heteroatoms. The minimum atomic E-state index is -2.88. The van der Waals surface area contributed by atoms with Crippen molar-refractivity contribution in [3.8, 4) is 0 Å². The molecule has 1 aliphatic heterocycles. The molecule has 0 aromatic heterocycles. The van der Waals surface area contributed by atoms with Crippen LogP contribution in [-0.4, -0.2) is 11.2 Å². The van der Waals surface area contributed by atoms with E-state index in [0.717, 1.165) is 11.8 Å². The van der Waals surface area contributed by atoms with Gasteiger partial charge in [0.15, 0.2) is 0 Å². The van der Waals surface area contributed by atoms with Gasteiger partial charge in [-0.15, -0.1) is 11.8 Å². The van der Waals surface area contributed by atoms with Crippen molar-refractivity contribution in [2.24, 2.45) is 0 Å². The van der Waals surface area contributed by atoms with Gasteiger partial charge in [-0.05, 0) is 19.1 Å². The van der Waals surface area contributed by atoms with Gasteiger partial charge in [0.25, 0.3) is 5.92 Å². The van der Waals surface area contributed by atoms with E-state index in [9.17, 15) is 13.6 Å². The van der Waals surface area contributed by atoms with Gasteiger partial charge < -0.3 is 5.32 Å². The van der Waals surface area contributed by atoms with Crippen LogP contribution in [0.5, 0.6) is 0 Å². The van der Waals surface area contributed by atoms with Crippen molar-refractivity contribution < 1.29 is 13.6 Å². The van der Waals surface area contributed by atoms with Crippen LogP contribution in [0.4, 0.5) is 14.5 Å². The average molecular weight is 243 g/mol. The molecule has 1 aliphatic rings. The Morgan fingerprint density at radius 2 is 2.12 bits per heavy atom. The number of fused-ring (bicyclic) bond motifs is 1. The quantitative estimate of drug-likeness (QED) is 0.820. The number of anilines is 1. The number of carbonyl (C=O) groups is 1. The molecule has 2 rings (SSSR count). The fourth-order valence-electron chi connectivity index (χ4n) is 1.48. The standard InChI is InChI=1S/C11H11F2NOS/c1-6-10(15)14-8-5-7(11(2,12)13)3-4-9(8)16-6/h3-6H,1-2H3,(H,14,15). The molecule has 1 aromatic rings. The predicted molar refractivity (Wildman–Crippen MR) is 60.0 cm³/mol. The minimum Gasteiger partial charge on any atom is -0.324 e. The van der Waals surface area contributed by atoms with Gasteiger partial charge in [-0.2, -0.15) is 0 Å². The van der Waals surface area contributed by atoms with Crippen LogP contribution in [0.1, 0.15) is 19.4 Å². The zero-order valence-electron chi connectivity index (χ0n) is 8.88. The molecular formula is C11H11F2NOS. The van der Waals surface area contributed by atoms with Crippen molar-refractivity contribution in [3.05, 3.63) is 23.8 Å². The topological polar surface area (TPSA) is 29.1 Å². The van der Waals surface area contributed by atoms with Gasteiger partial charge in [0, 0.05) is 17.4 Å². The van der Waals surface area contributed by atoms with E-state index < -0.39 is 5.92 Å². The number of thioether (sulfide) groups is 1. The lowest BCUT2D eigenvalue weighted by molar-refractivity contribution is -0.115. The van der Waals surface area contributed by atoms with Crippen molar-refractivity contribution >= 4 is 23.4 Å². The van der Waals surface area contributed by atoms with E-state index in [1.807, 2.05) is 0 Å². The summed E-state index contributed by atoms with van der Waals surface area (Å²) in [7, 11) is 0. The molecule has 2 nitrogen and oxygen atoms in total. The summed E-state index contributed by atoms with van der Waals surface area (Å²) in [5.74, 6) is -3.03. The molecule has 16 heavy (non-hydrogen) atoms. The van der Waals surface area contributed by atoms with Gasteiger partial charge in [0.1, 0.15) is 0 Å². The highest BCUT2D eigenvalue weighted by atomic mass is 32.2. The maximum absolute atomic E-state index is 13.1. The Labute approximate surface area is 96.4 Å². The lowest BCUT2D eigenvalue weighted by Crippen LogP contribution is -2.26. The summed E-state index contributed by atoms with van der Waals surface area (Å²) in [6.07, 6.45) is 0. The molecule has 1 heterocycles. The van der Waals surface area contributed by atoms with E-state index in [4.69, 9.17) is 0 Å². The van der Waals surface area contributed by atoms with Crippen LogP contribution in [0.3, 0.4) is 0 Å². The fourth-order valence-corrected chi connectivity index (χ4v) is 2.41. The van der Waals surface area contributed by atoms with Crippen LogP contribution in [0.15, 0.2) is 23.1 Å². The Balaban J connectivity index is 2.40. The number of carbonyl (C=O) groups excluding carboxylic acids is 1. The average Bonchev–Trinajstić information content (AvgIpc) is 2.17. The first-order valence-corrected chi connectivity index (χ1v) is 5.76. The molecule has 0 spiro atoms. The van der Waals surface area contributed by atoms with E-state index in [-0.39, 0.29) is 16.7 Å². The molecule has 1 atom stereocenters. The number of hydrogen-bond acceptors (Lipinski definition) is 2. The number of rotatable bonds is 1. The summed E-state index contributed by atoms with van der Waals surface area (Å²) in [5, 5.41) is 2.45. The Morgan fingerprint density at radius 3 is 2.75 bits per heavy atom. The van der Waals surface area contributed by atoms with Gasteiger partial charge in [-0.1, -0.05) is 6.07 Å². The maximum Gasteiger partial charge on any atom is 0.270 e. The Kier molecular flexibility index (Phi) is 2.66. The maximum atomic E-state index is 13.1. The molecule has 1 N–H and O–H groups in total. The molecule has 1 amide bonds. The van der Waals surface area contributed by atoms with Crippen LogP contribution >= 0.6 is 11.8 Å². The zero-order valence-corrected chi connectivity index (χ0v) is 9.70. The second-order valence-electron chi connectivity index (χ2n) is 3.85. The van der Waals surface area contributed by atoms with Crippen LogP contribution in [0.2, 0.25) is 0 Å². The van der Waals surface area contributed by atoms with Crippen molar-refractivity contribution in [3.63, 3.8) is 0 Å². The number of alkyl halides is 2. The Morgan fingerprint density at radius 1 is 1.44 bits per heavy atom.